The summed E-state index contributed by atoms with van der Waals surface area (Å²) in [5.41, 5.74) is 2.19. The van der Waals surface area contributed by atoms with Crippen molar-refractivity contribution >= 4 is 17.7 Å². The Morgan fingerprint density at radius 2 is 2.08 bits per heavy atom. The van der Waals surface area contributed by atoms with Crippen LogP contribution in [0.3, 0.4) is 0 Å². The molecule has 5 nitrogen and oxygen atoms in total. The smallest absolute Gasteiger partial charge is 0.405 e. The molecule has 0 saturated carbocycles. The molecule has 1 unspecified atom stereocenters. The zero-order valence-electron chi connectivity index (χ0n) is 14.3. The predicted molar refractivity (Wildman–Crippen MR) is 96.6 cm³/mol. The van der Waals surface area contributed by atoms with E-state index < -0.39 is 6.09 Å². The van der Waals surface area contributed by atoms with Gasteiger partial charge in [0.05, 0.1) is 19.8 Å². The van der Waals surface area contributed by atoms with E-state index in [-0.39, 0.29) is 11.5 Å². The van der Waals surface area contributed by atoms with Crippen molar-refractivity contribution in [3.05, 3.63) is 47.0 Å². The molecule has 0 aliphatic carbocycles. The predicted octanol–water partition coefficient (Wildman–Crippen LogP) is 4.74. The molecule has 0 radical (unpaired) electrons. The van der Waals surface area contributed by atoms with Gasteiger partial charge in [-0.05, 0) is 29.8 Å². The van der Waals surface area contributed by atoms with Gasteiger partial charge in [-0.2, -0.15) is 0 Å². The minimum absolute atomic E-state index is 0.344. The molecule has 1 aliphatic rings. The molecule has 2 aromatic rings. The molecular formula is C19H20ClNO4. The summed E-state index contributed by atoms with van der Waals surface area (Å²) in [4.78, 5) is 11.2. The summed E-state index contributed by atoms with van der Waals surface area (Å²) in [5, 5.41) is 12.4. The van der Waals surface area contributed by atoms with Crippen molar-refractivity contribution in [3.63, 3.8) is 0 Å². The fourth-order valence-corrected chi connectivity index (χ4v) is 3.31. The Balaban J connectivity index is 2.05. The lowest BCUT2D eigenvalue weighted by Gasteiger charge is -2.39. The standard InChI is InChI=1S/C19H20ClNO4/c1-19(2)10-25-16-8-11(4-6-13(16)17(19)21-18(22)23)14-9-12(24-3)5-7-15(14)20/h4-9,17,21H,10H2,1-3H3,(H,22,23). The van der Waals surface area contributed by atoms with Crippen molar-refractivity contribution in [1.29, 1.82) is 0 Å². The monoisotopic (exact) mass is 361 g/mol. The second kappa shape index (κ2) is 6.48. The largest absolute Gasteiger partial charge is 0.497 e. The Bertz CT molecular complexity index is 819. The highest BCUT2D eigenvalue weighted by Gasteiger charge is 2.38. The molecule has 1 heterocycles. The maximum Gasteiger partial charge on any atom is 0.405 e. The highest BCUT2D eigenvalue weighted by Crippen LogP contribution is 2.44. The summed E-state index contributed by atoms with van der Waals surface area (Å²) in [6.45, 7) is 4.37. The number of ether oxygens (including phenoxy) is 2. The second-order valence-corrected chi connectivity index (χ2v) is 7.17. The van der Waals surface area contributed by atoms with E-state index >= 15 is 0 Å². The molecule has 2 N–H and O–H groups in total. The number of hydrogen-bond acceptors (Lipinski definition) is 3. The molecule has 0 fully saturated rings. The second-order valence-electron chi connectivity index (χ2n) is 6.76. The van der Waals surface area contributed by atoms with Crippen LogP contribution in [0.1, 0.15) is 25.5 Å². The van der Waals surface area contributed by atoms with Crippen LogP contribution < -0.4 is 14.8 Å². The SMILES string of the molecule is COc1ccc(Cl)c(-c2ccc3c(c2)OCC(C)(C)C3NC(=O)O)c1. The number of nitrogens with one attached hydrogen (secondary N) is 1. The number of hydrogen-bond donors (Lipinski definition) is 2. The Morgan fingerprint density at radius 1 is 1.32 bits per heavy atom. The van der Waals surface area contributed by atoms with Crippen LogP contribution >= 0.6 is 11.6 Å². The van der Waals surface area contributed by atoms with E-state index in [1.165, 1.54) is 0 Å². The third-order valence-electron chi connectivity index (χ3n) is 4.46. The molecule has 0 aromatic heterocycles. The summed E-state index contributed by atoms with van der Waals surface area (Å²) in [7, 11) is 1.60. The number of fused-ring (bicyclic) bond motifs is 1. The van der Waals surface area contributed by atoms with Crippen molar-refractivity contribution in [2.75, 3.05) is 13.7 Å². The normalized spacial score (nSPS) is 18.0. The number of rotatable bonds is 3. The van der Waals surface area contributed by atoms with E-state index in [1.54, 1.807) is 19.2 Å². The van der Waals surface area contributed by atoms with Gasteiger partial charge < -0.3 is 19.9 Å². The molecule has 25 heavy (non-hydrogen) atoms. The lowest BCUT2D eigenvalue weighted by molar-refractivity contribution is 0.0996. The Kier molecular flexibility index (Phi) is 4.52. The third kappa shape index (κ3) is 3.37. The van der Waals surface area contributed by atoms with Crippen LogP contribution in [0.15, 0.2) is 36.4 Å². The summed E-state index contributed by atoms with van der Waals surface area (Å²) >= 11 is 6.33. The Morgan fingerprint density at radius 3 is 2.76 bits per heavy atom. The average Bonchev–Trinajstić information content (AvgIpc) is 2.57. The van der Waals surface area contributed by atoms with Crippen molar-refractivity contribution in [1.82, 2.24) is 5.32 Å². The van der Waals surface area contributed by atoms with Crippen LogP contribution in [0, 0.1) is 5.41 Å². The molecule has 0 bridgehead atoms. The quantitative estimate of drug-likeness (QED) is 0.828. The first-order chi connectivity index (χ1) is 11.8. The van der Waals surface area contributed by atoms with Crippen LogP contribution in [0.5, 0.6) is 11.5 Å². The lowest BCUT2D eigenvalue weighted by Crippen LogP contribution is -2.43. The van der Waals surface area contributed by atoms with Crippen LogP contribution in [-0.2, 0) is 0 Å². The first kappa shape index (κ1) is 17.4. The number of methoxy groups -OCH3 is 1. The van der Waals surface area contributed by atoms with Gasteiger partial charge in [-0.1, -0.05) is 37.6 Å². The van der Waals surface area contributed by atoms with Gasteiger partial charge in [0, 0.05) is 21.6 Å². The molecule has 1 aliphatic heterocycles. The number of amides is 1. The van der Waals surface area contributed by atoms with E-state index in [1.807, 2.05) is 38.1 Å². The zero-order chi connectivity index (χ0) is 18.2. The van der Waals surface area contributed by atoms with Crippen molar-refractivity contribution in [2.45, 2.75) is 19.9 Å². The number of carboxylic acid groups (broad SMARTS) is 1. The fraction of sp³-hybridized carbons (Fsp3) is 0.316. The number of halogens is 1. The Hall–Kier alpha value is -2.40. The molecule has 0 saturated heterocycles. The van der Waals surface area contributed by atoms with E-state index in [9.17, 15) is 4.79 Å². The van der Waals surface area contributed by atoms with Crippen LogP contribution in [-0.4, -0.2) is 24.9 Å². The van der Waals surface area contributed by atoms with Crippen LogP contribution in [0.2, 0.25) is 5.02 Å². The number of benzene rings is 2. The van der Waals surface area contributed by atoms with Gasteiger partial charge in [0.2, 0.25) is 0 Å². The summed E-state index contributed by atoms with van der Waals surface area (Å²) in [6.07, 6.45) is -1.05. The maximum atomic E-state index is 11.2. The highest BCUT2D eigenvalue weighted by atomic mass is 35.5. The summed E-state index contributed by atoms with van der Waals surface area (Å²) < 4.78 is 11.2. The van der Waals surface area contributed by atoms with E-state index in [2.05, 4.69) is 5.32 Å². The summed E-state index contributed by atoms with van der Waals surface area (Å²) in [5.74, 6) is 1.37. The topological polar surface area (TPSA) is 67.8 Å². The highest BCUT2D eigenvalue weighted by molar-refractivity contribution is 6.33. The van der Waals surface area contributed by atoms with Crippen LogP contribution in [0.4, 0.5) is 4.79 Å². The average molecular weight is 362 g/mol. The van der Waals surface area contributed by atoms with Crippen molar-refractivity contribution < 1.29 is 19.4 Å². The minimum Gasteiger partial charge on any atom is -0.497 e. The van der Waals surface area contributed by atoms with Crippen molar-refractivity contribution in [2.24, 2.45) is 5.41 Å². The van der Waals surface area contributed by atoms with Gasteiger partial charge >= 0.3 is 6.09 Å². The molecule has 1 amide bonds. The van der Waals surface area contributed by atoms with Gasteiger partial charge in [0.25, 0.3) is 0 Å². The Labute approximate surface area is 151 Å². The summed E-state index contributed by atoms with van der Waals surface area (Å²) in [6, 6.07) is 10.8. The van der Waals surface area contributed by atoms with Crippen LogP contribution in [0.25, 0.3) is 11.1 Å². The molecule has 0 spiro atoms. The molecular weight excluding hydrogens is 342 g/mol. The molecule has 2 aromatic carbocycles. The van der Waals surface area contributed by atoms with E-state index in [0.717, 1.165) is 16.7 Å². The van der Waals surface area contributed by atoms with Gasteiger partial charge in [0.15, 0.2) is 0 Å². The third-order valence-corrected chi connectivity index (χ3v) is 4.79. The lowest BCUT2D eigenvalue weighted by atomic mass is 9.78. The zero-order valence-corrected chi connectivity index (χ0v) is 15.1. The van der Waals surface area contributed by atoms with Gasteiger partial charge in [-0.15, -0.1) is 0 Å². The molecule has 6 heteroatoms. The van der Waals surface area contributed by atoms with Gasteiger partial charge in [-0.3, -0.25) is 0 Å². The molecule has 132 valence electrons. The van der Waals surface area contributed by atoms with E-state index in [4.69, 9.17) is 26.2 Å². The van der Waals surface area contributed by atoms with Gasteiger partial charge in [0.1, 0.15) is 11.5 Å². The number of carbonyl (C=O) groups is 1. The van der Waals surface area contributed by atoms with Gasteiger partial charge in [-0.25, -0.2) is 4.79 Å². The van der Waals surface area contributed by atoms with E-state index in [0.29, 0.717) is 23.1 Å². The first-order valence-electron chi connectivity index (χ1n) is 7.92. The van der Waals surface area contributed by atoms with Crippen molar-refractivity contribution in [3.8, 4) is 22.6 Å². The maximum absolute atomic E-state index is 11.2. The minimum atomic E-state index is -1.05. The first-order valence-corrected chi connectivity index (χ1v) is 8.30. The molecule has 1 atom stereocenters. The molecule has 3 rings (SSSR count). The fourth-order valence-electron chi connectivity index (χ4n) is 3.08.